The summed E-state index contributed by atoms with van der Waals surface area (Å²) in [5.74, 6) is -2.58. The van der Waals surface area contributed by atoms with Crippen molar-refractivity contribution in [3.05, 3.63) is 46.4 Å². The first-order valence-corrected chi connectivity index (χ1v) is 13.2. The molecule has 0 saturated carbocycles. The Morgan fingerprint density at radius 1 is 1.18 bits per heavy atom. The van der Waals surface area contributed by atoms with Crippen LogP contribution >= 0.6 is 11.3 Å². The van der Waals surface area contributed by atoms with Crippen LogP contribution in [0.3, 0.4) is 0 Å². The monoisotopic (exact) mass is 492 g/mol. The average Bonchev–Trinajstić information content (AvgIpc) is 3.24. The molecule has 1 aliphatic rings. The van der Waals surface area contributed by atoms with Gasteiger partial charge in [-0.15, -0.1) is 11.3 Å². The third kappa shape index (κ3) is 6.68. The number of ketones is 1. The molecule has 0 spiro atoms. The van der Waals surface area contributed by atoms with E-state index >= 15 is 0 Å². The molecule has 3 N–H and O–H groups in total. The molecule has 1 aromatic carbocycles. The van der Waals surface area contributed by atoms with Gasteiger partial charge in [0.2, 0.25) is 21.7 Å². The fraction of sp³-hybridized carbons (Fsp3) is 0.455. The van der Waals surface area contributed by atoms with Gasteiger partial charge in [-0.05, 0) is 37.3 Å². The Labute approximate surface area is 197 Å². The van der Waals surface area contributed by atoms with Gasteiger partial charge in [-0.1, -0.05) is 32.0 Å². The third-order valence-corrected chi connectivity index (χ3v) is 7.70. The third-order valence-electron chi connectivity index (χ3n) is 5.28. The number of nitrogens with zero attached hydrogens (tertiary/aromatic N) is 1. The molecule has 178 valence electrons. The van der Waals surface area contributed by atoms with Gasteiger partial charge in [0.25, 0.3) is 5.91 Å². The van der Waals surface area contributed by atoms with Crippen molar-refractivity contribution in [2.45, 2.75) is 56.5 Å². The number of amides is 2. The highest BCUT2D eigenvalue weighted by Gasteiger charge is 2.33. The maximum Gasteiger partial charge on any atom is 0.289 e. The first kappa shape index (κ1) is 25.0. The van der Waals surface area contributed by atoms with E-state index in [-0.39, 0.29) is 11.3 Å². The number of benzene rings is 1. The van der Waals surface area contributed by atoms with Crippen LogP contribution in [0, 0.1) is 5.92 Å². The molecule has 2 atom stereocenters. The minimum Gasteiger partial charge on any atom is -0.349 e. The maximum absolute atomic E-state index is 13.1. The van der Waals surface area contributed by atoms with Crippen LogP contribution < -0.4 is 15.4 Å². The average molecular weight is 493 g/mol. The van der Waals surface area contributed by atoms with E-state index in [0.717, 1.165) is 10.7 Å². The van der Waals surface area contributed by atoms with Gasteiger partial charge in [0.05, 0.1) is 21.6 Å². The van der Waals surface area contributed by atoms with Gasteiger partial charge >= 0.3 is 0 Å². The van der Waals surface area contributed by atoms with Gasteiger partial charge in [-0.2, -0.15) is 4.72 Å². The second kappa shape index (κ2) is 11.0. The number of aryl methyl sites for hydroxylation is 2. The Hall–Kier alpha value is -2.63. The quantitative estimate of drug-likeness (QED) is 0.519. The van der Waals surface area contributed by atoms with Crippen molar-refractivity contribution in [1.29, 1.82) is 0 Å². The van der Waals surface area contributed by atoms with Crippen molar-refractivity contribution in [3.63, 3.8) is 0 Å². The molecule has 0 aliphatic carbocycles. The number of rotatable bonds is 6. The van der Waals surface area contributed by atoms with E-state index in [4.69, 9.17) is 0 Å². The van der Waals surface area contributed by atoms with E-state index in [1.54, 1.807) is 32.0 Å². The number of hydrogen-bond acceptors (Lipinski definition) is 7. The number of aromatic nitrogens is 1. The summed E-state index contributed by atoms with van der Waals surface area (Å²) in [6.45, 7) is 3.72. The lowest BCUT2D eigenvalue weighted by atomic mass is 10.0. The molecule has 0 saturated heterocycles. The summed E-state index contributed by atoms with van der Waals surface area (Å²) in [4.78, 5) is 42.8. The number of carbonyl (C=O) groups excluding carboxylic acids is 3. The molecule has 11 heteroatoms. The smallest absolute Gasteiger partial charge is 0.289 e. The van der Waals surface area contributed by atoms with Crippen LogP contribution in [0.15, 0.2) is 40.6 Å². The van der Waals surface area contributed by atoms with Gasteiger partial charge in [0.1, 0.15) is 6.04 Å². The molecule has 0 radical (unpaired) electrons. The van der Waals surface area contributed by atoms with Crippen LogP contribution in [0.25, 0.3) is 0 Å². The largest absolute Gasteiger partial charge is 0.349 e. The highest BCUT2D eigenvalue weighted by Crippen LogP contribution is 2.16. The summed E-state index contributed by atoms with van der Waals surface area (Å²) in [5, 5.41) is 7.98. The van der Waals surface area contributed by atoms with Gasteiger partial charge < -0.3 is 10.6 Å². The van der Waals surface area contributed by atoms with E-state index < -0.39 is 45.6 Å². The summed E-state index contributed by atoms with van der Waals surface area (Å²) in [5.41, 5.74) is 0.937. The Kier molecular flexibility index (Phi) is 8.33. The normalized spacial score (nSPS) is 18.7. The number of fused-ring (bicyclic) bond motifs is 2. The van der Waals surface area contributed by atoms with Gasteiger partial charge in [-0.3, -0.25) is 14.4 Å². The second-order valence-electron chi connectivity index (χ2n) is 8.21. The van der Waals surface area contributed by atoms with Crippen LogP contribution in [0.4, 0.5) is 0 Å². The van der Waals surface area contributed by atoms with Crippen molar-refractivity contribution in [2.75, 3.05) is 6.54 Å². The Morgan fingerprint density at radius 2 is 1.91 bits per heavy atom. The minimum atomic E-state index is -3.96. The molecule has 2 amide bonds. The van der Waals surface area contributed by atoms with Crippen molar-refractivity contribution in [2.24, 2.45) is 5.92 Å². The van der Waals surface area contributed by atoms with E-state index in [9.17, 15) is 22.8 Å². The SMILES string of the molecule is CC(C)C(NS(=O)(=O)c1ccccc1)C(=O)NC1CCc2nc(cs2)CCCNC(=O)C1=O. The topological polar surface area (TPSA) is 134 Å². The lowest BCUT2D eigenvalue weighted by Crippen LogP contribution is -2.55. The molecule has 2 heterocycles. The zero-order valence-electron chi connectivity index (χ0n) is 18.5. The van der Waals surface area contributed by atoms with Crippen LogP contribution in [0.2, 0.25) is 0 Å². The molecule has 9 nitrogen and oxygen atoms in total. The fourth-order valence-electron chi connectivity index (χ4n) is 3.42. The first-order valence-electron chi connectivity index (χ1n) is 10.8. The fourth-order valence-corrected chi connectivity index (χ4v) is 5.63. The van der Waals surface area contributed by atoms with Crippen molar-refractivity contribution < 1.29 is 22.8 Å². The zero-order valence-corrected chi connectivity index (χ0v) is 20.2. The van der Waals surface area contributed by atoms with Gasteiger partial charge in [-0.25, -0.2) is 13.4 Å². The number of nitrogens with one attached hydrogen (secondary N) is 3. The zero-order chi connectivity index (χ0) is 24.0. The van der Waals surface area contributed by atoms with Crippen LogP contribution in [0.1, 0.15) is 37.4 Å². The van der Waals surface area contributed by atoms with Gasteiger partial charge in [0, 0.05) is 18.3 Å². The molecule has 1 aromatic heterocycles. The molecular weight excluding hydrogens is 464 g/mol. The molecule has 3 rings (SSSR count). The predicted octanol–water partition coefficient (Wildman–Crippen LogP) is 1.20. The highest BCUT2D eigenvalue weighted by molar-refractivity contribution is 7.89. The standard InChI is InChI=1S/C22H28N4O5S2/c1-14(2)19(26-33(30,31)16-8-4-3-5-9-16)21(28)25-17-10-11-18-24-15(13-32-18)7-6-12-23-22(29)20(17)27/h3-5,8-9,13-14,17,19,26H,6-7,10-12H2,1-2H3,(H,23,29)(H,25,28). The lowest BCUT2D eigenvalue weighted by molar-refractivity contribution is -0.140. The maximum atomic E-state index is 13.1. The van der Waals surface area contributed by atoms with Crippen LogP contribution in [-0.2, 0) is 37.2 Å². The minimum absolute atomic E-state index is 0.0319. The van der Waals surface area contributed by atoms with Crippen molar-refractivity contribution in [1.82, 2.24) is 20.3 Å². The summed E-state index contributed by atoms with van der Waals surface area (Å²) in [6, 6.07) is 5.51. The summed E-state index contributed by atoms with van der Waals surface area (Å²) in [7, 11) is -3.96. The molecule has 2 unspecified atom stereocenters. The van der Waals surface area contributed by atoms with Crippen molar-refractivity contribution in [3.8, 4) is 0 Å². The molecular formula is C22H28N4O5S2. The van der Waals surface area contributed by atoms with Crippen LogP contribution in [-0.4, -0.2) is 49.6 Å². The number of carbonyl (C=O) groups is 3. The molecule has 2 bridgehead atoms. The Bertz CT molecular complexity index is 1100. The van der Waals surface area contributed by atoms with E-state index in [1.807, 2.05) is 5.38 Å². The molecule has 0 fully saturated rings. The first-order chi connectivity index (χ1) is 15.7. The lowest BCUT2D eigenvalue weighted by Gasteiger charge is -2.25. The predicted molar refractivity (Wildman–Crippen MR) is 124 cm³/mol. The number of sulfonamides is 1. The molecule has 1 aliphatic heterocycles. The number of hydrogen-bond donors (Lipinski definition) is 3. The van der Waals surface area contributed by atoms with E-state index in [0.29, 0.717) is 25.8 Å². The summed E-state index contributed by atoms with van der Waals surface area (Å²) >= 11 is 1.48. The van der Waals surface area contributed by atoms with E-state index in [1.165, 1.54) is 23.5 Å². The number of thiazole rings is 1. The molecule has 2 aromatic rings. The number of Topliss-reactive ketones (excluding diaryl/α,β-unsaturated/α-hetero) is 1. The Morgan fingerprint density at radius 3 is 2.61 bits per heavy atom. The van der Waals surface area contributed by atoms with Crippen LogP contribution in [0.5, 0.6) is 0 Å². The Balaban J connectivity index is 1.78. The summed E-state index contributed by atoms with van der Waals surface area (Å²) < 4.78 is 27.9. The van der Waals surface area contributed by atoms with E-state index in [2.05, 4.69) is 20.3 Å². The highest BCUT2D eigenvalue weighted by atomic mass is 32.2. The molecule has 33 heavy (non-hydrogen) atoms. The van der Waals surface area contributed by atoms with Crippen molar-refractivity contribution >= 4 is 39.0 Å². The second-order valence-corrected chi connectivity index (χ2v) is 10.9. The van der Waals surface area contributed by atoms with Gasteiger partial charge in [0.15, 0.2) is 0 Å². The summed E-state index contributed by atoms with van der Waals surface area (Å²) in [6.07, 6.45) is 1.95.